The quantitative estimate of drug-likeness (QED) is 0.832. The van der Waals surface area contributed by atoms with Crippen molar-refractivity contribution in [3.05, 3.63) is 27.7 Å². The van der Waals surface area contributed by atoms with Gasteiger partial charge < -0.3 is 10.8 Å². The van der Waals surface area contributed by atoms with Crippen molar-refractivity contribution in [2.45, 2.75) is 25.3 Å². The molecular formula is C11H13BrClF2NO. The summed E-state index contributed by atoms with van der Waals surface area (Å²) in [6.45, 7) is 0. The second-order valence-electron chi connectivity index (χ2n) is 4.20. The van der Waals surface area contributed by atoms with Crippen molar-refractivity contribution >= 4 is 28.3 Å². The first-order valence-electron chi connectivity index (χ1n) is 5.12. The van der Waals surface area contributed by atoms with Crippen molar-refractivity contribution in [3.8, 4) is 5.75 Å². The summed E-state index contributed by atoms with van der Waals surface area (Å²) in [4.78, 5) is 0. The molecule has 1 aliphatic rings. The highest BCUT2D eigenvalue weighted by molar-refractivity contribution is 9.10. The van der Waals surface area contributed by atoms with Crippen molar-refractivity contribution in [2.24, 2.45) is 11.7 Å². The summed E-state index contributed by atoms with van der Waals surface area (Å²) in [5.41, 5.74) is 5.66. The number of benzene rings is 1. The van der Waals surface area contributed by atoms with E-state index in [-0.39, 0.29) is 28.2 Å². The third-order valence-electron chi connectivity index (χ3n) is 2.84. The van der Waals surface area contributed by atoms with Crippen molar-refractivity contribution in [1.29, 1.82) is 0 Å². The molecule has 96 valence electrons. The maximum Gasteiger partial charge on any atom is 0.167 e. The van der Waals surface area contributed by atoms with Gasteiger partial charge in [0.05, 0.1) is 10.0 Å². The van der Waals surface area contributed by atoms with Crippen LogP contribution >= 0.6 is 28.3 Å². The number of nitrogens with two attached hydrogens (primary N) is 1. The average Bonchev–Trinajstić information content (AvgIpc) is 2.99. The van der Waals surface area contributed by atoms with Gasteiger partial charge in [0.1, 0.15) is 5.75 Å². The van der Waals surface area contributed by atoms with Gasteiger partial charge in [-0.05, 0) is 34.3 Å². The fraction of sp³-hybridized carbons (Fsp3) is 0.455. The molecule has 0 aliphatic heterocycles. The van der Waals surface area contributed by atoms with Gasteiger partial charge in [0.2, 0.25) is 0 Å². The summed E-state index contributed by atoms with van der Waals surface area (Å²) in [6, 6.07) is 0.248. The van der Waals surface area contributed by atoms with Crippen molar-refractivity contribution in [2.75, 3.05) is 0 Å². The highest BCUT2D eigenvalue weighted by atomic mass is 79.9. The molecule has 0 aromatic heterocycles. The average molecular weight is 329 g/mol. The van der Waals surface area contributed by atoms with Crippen LogP contribution in [0.5, 0.6) is 5.75 Å². The predicted octanol–water partition coefficient (Wildman–Crippen LogP) is 3.65. The lowest BCUT2D eigenvalue weighted by molar-refractivity contribution is 0.420. The molecule has 1 aromatic carbocycles. The normalized spacial score (nSPS) is 16.5. The van der Waals surface area contributed by atoms with Crippen LogP contribution in [-0.4, -0.2) is 5.11 Å². The van der Waals surface area contributed by atoms with Crippen LogP contribution in [0.4, 0.5) is 8.78 Å². The van der Waals surface area contributed by atoms with Crippen LogP contribution in [0, 0.1) is 17.6 Å². The van der Waals surface area contributed by atoms with Gasteiger partial charge in [0.25, 0.3) is 0 Å². The fourth-order valence-corrected chi connectivity index (χ4v) is 2.19. The minimum Gasteiger partial charge on any atom is -0.506 e. The maximum atomic E-state index is 13.5. The number of rotatable bonds is 3. The van der Waals surface area contributed by atoms with E-state index in [1.165, 1.54) is 0 Å². The molecule has 2 rings (SSSR count). The van der Waals surface area contributed by atoms with Crippen molar-refractivity contribution in [1.82, 2.24) is 0 Å². The second kappa shape index (κ2) is 5.50. The molecule has 1 fully saturated rings. The predicted molar refractivity (Wildman–Crippen MR) is 67.2 cm³/mol. The van der Waals surface area contributed by atoms with E-state index >= 15 is 0 Å². The first-order chi connectivity index (χ1) is 7.50. The summed E-state index contributed by atoms with van der Waals surface area (Å²) in [7, 11) is 0. The summed E-state index contributed by atoms with van der Waals surface area (Å²) in [6.07, 6.45) is 2.74. The van der Waals surface area contributed by atoms with Crippen LogP contribution in [-0.2, 0) is 0 Å². The number of hydrogen-bond acceptors (Lipinski definition) is 2. The van der Waals surface area contributed by atoms with E-state index < -0.39 is 17.7 Å². The van der Waals surface area contributed by atoms with E-state index in [0.29, 0.717) is 12.3 Å². The van der Waals surface area contributed by atoms with Crippen LogP contribution < -0.4 is 5.73 Å². The first kappa shape index (κ1) is 14.7. The molecule has 0 amide bonds. The Labute approximate surface area is 113 Å². The Bertz CT molecular complexity index is 400. The van der Waals surface area contributed by atoms with Gasteiger partial charge in [-0.1, -0.05) is 12.8 Å². The third kappa shape index (κ3) is 3.09. The minimum atomic E-state index is -1.05. The summed E-state index contributed by atoms with van der Waals surface area (Å²) < 4.78 is 26.8. The maximum absolute atomic E-state index is 13.5. The van der Waals surface area contributed by atoms with Crippen LogP contribution in [0.15, 0.2) is 10.5 Å². The Hall–Kier alpha value is -0.390. The van der Waals surface area contributed by atoms with E-state index in [2.05, 4.69) is 15.9 Å². The molecule has 0 bridgehead atoms. The van der Waals surface area contributed by atoms with Gasteiger partial charge in [-0.3, -0.25) is 0 Å². The summed E-state index contributed by atoms with van der Waals surface area (Å²) in [5.74, 6) is -1.86. The zero-order valence-electron chi connectivity index (χ0n) is 8.92. The molecule has 6 heteroatoms. The fourth-order valence-electron chi connectivity index (χ4n) is 1.77. The topological polar surface area (TPSA) is 46.2 Å². The van der Waals surface area contributed by atoms with Gasteiger partial charge in [-0.2, -0.15) is 0 Å². The molecule has 0 spiro atoms. The Kier molecular flexibility index (Phi) is 4.75. The number of hydrogen-bond donors (Lipinski definition) is 2. The molecule has 0 saturated heterocycles. The molecule has 1 saturated carbocycles. The third-order valence-corrected chi connectivity index (χ3v) is 3.44. The van der Waals surface area contributed by atoms with Gasteiger partial charge in [0, 0.05) is 6.04 Å². The van der Waals surface area contributed by atoms with E-state index in [0.717, 1.165) is 18.9 Å². The summed E-state index contributed by atoms with van der Waals surface area (Å²) >= 11 is 2.97. The van der Waals surface area contributed by atoms with Crippen LogP contribution in [0.2, 0.25) is 0 Å². The zero-order valence-corrected chi connectivity index (χ0v) is 11.3. The van der Waals surface area contributed by atoms with Gasteiger partial charge in [-0.25, -0.2) is 8.78 Å². The monoisotopic (exact) mass is 327 g/mol. The Morgan fingerprint density at radius 1 is 1.47 bits per heavy atom. The SMILES string of the molecule is Cl.N[C@@H](CC1CC1)c1c(O)c(Br)cc(F)c1F. The number of aromatic hydroxyl groups is 1. The van der Waals surface area contributed by atoms with Crippen molar-refractivity contribution in [3.63, 3.8) is 0 Å². The van der Waals surface area contributed by atoms with Crippen LogP contribution in [0.3, 0.4) is 0 Å². The van der Waals surface area contributed by atoms with Crippen molar-refractivity contribution < 1.29 is 13.9 Å². The Morgan fingerprint density at radius 2 is 2.06 bits per heavy atom. The highest BCUT2D eigenvalue weighted by Crippen LogP contribution is 2.41. The van der Waals surface area contributed by atoms with Crippen LogP contribution in [0.1, 0.15) is 30.9 Å². The number of halogens is 4. The highest BCUT2D eigenvalue weighted by Gasteiger charge is 2.29. The second-order valence-corrected chi connectivity index (χ2v) is 5.06. The van der Waals surface area contributed by atoms with E-state index in [1.807, 2.05) is 0 Å². The minimum absolute atomic E-state index is 0. The largest absolute Gasteiger partial charge is 0.506 e. The molecule has 1 aromatic rings. The molecule has 1 atom stereocenters. The van der Waals surface area contributed by atoms with Crippen LogP contribution in [0.25, 0.3) is 0 Å². The van der Waals surface area contributed by atoms with Gasteiger partial charge >= 0.3 is 0 Å². The molecule has 17 heavy (non-hydrogen) atoms. The van der Waals surface area contributed by atoms with Gasteiger partial charge in [0.15, 0.2) is 11.6 Å². The Morgan fingerprint density at radius 3 is 2.59 bits per heavy atom. The lowest BCUT2D eigenvalue weighted by Crippen LogP contribution is -2.14. The van der Waals surface area contributed by atoms with E-state index in [1.54, 1.807) is 0 Å². The number of phenolic OH excluding ortho intramolecular Hbond substituents is 1. The summed E-state index contributed by atoms with van der Waals surface area (Å²) in [5, 5.41) is 9.67. The molecule has 0 heterocycles. The van der Waals surface area contributed by atoms with Gasteiger partial charge in [-0.15, -0.1) is 12.4 Å². The standard InChI is InChI=1S/C11H12BrF2NO.ClH/c12-6-4-7(13)10(14)9(11(6)16)8(15)3-5-1-2-5;/h4-5,8,16H,1-3,15H2;1H/t8-;/m0./s1. The molecular weight excluding hydrogens is 315 g/mol. The first-order valence-corrected chi connectivity index (χ1v) is 5.92. The Balaban J connectivity index is 0.00000144. The molecule has 0 unspecified atom stereocenters. The zero-order chi connectivity index (χ0) is 11.9. The number of phenols is 1. The smallest absolute Gasteiger partial charge is 0.167 e. The molecule has 3 N–H and O–H groups in total. The van der Waals surface area contributed by atoms with E-state index in [9.17, 15) is 13.9 Å². The molecule has 0 radical (unpaired) electrons. The lowest BCUT2D eigenvalue weighted by Gasteiger charge is -2.15. The molecule has 2 nitrogen and oxygen atoms in total. The van der Waals surface area contributed by atoms with E-state index in [4.69, 9.17) is 5.73 Å². The molecule has 1 aliphatic carbocycles. The lowest BCUT2D eigenvalue weighted by atomic mass is 10.0.